The van der Waals surface area contributed by atoms with E-state index in [-0.39, 0.29) is 37.5 Å². The summed E-state index contributed by atoms with van der Waals surface area (Å²) in [6, 6.07) is 0. The van der Waals surface area contributed by atoms with Crippen molar-refractivity contribution in [1.29, 1.82) is 0 Å². The van der Waals surface area contributed by atoms with Crippen molar-refractivity contribution >= 4 is 17.9 Å². The molecule has 0 aromatic rings. The van der Waals surface area contributed by atoms with Gasteiger partial charge in [0.2, 0.25) is 0 Å². The van der Waals surface area contributed by atoms with Gasteiger partial charge in [-0.15, -0.1) is 0 Å². The zero-order chi connectivity index (χ0) is 54.3. The van der Waals surface area contributed by atoms with E-state index in [1.54, 1.807) is 0 Å². The van der Waals surface area contributed by atoms with E-state index in [4.69, 9.17) is 14.2 Å². The van der Waals surface area contributed by atoms with Crippen LogP contribution in [0.15, 0.2) is 122 Å². The van der Waals surface area contributed by atoms with Gasteiger partial charge in [-0.25, -0.2) is 0 Å². The van der Waals surface area contributed by atoms with Crippen LogP contribution in [-0.4, -0.2) is 37.2 Å². The maximum atomic E-state index is 12.9. The van der Waals surface area contributed by atoms with Crippen LogP contribution in [-0.2, 0) is 28.6 Å². The zero-order valence-corrected chi connectivity index (χ0v) is 48.8. The number of unbranched alkanes of at least 4 members (excludes halogenated alkanes) is 24. The molecule has 0 saturated carbocycles. The van der Waals surface area contributed by atoms with Gasteiger partial charge < -0.3 is 14.2 Å². The third-order valence-corrected chi connectivity index (χ3v) is 12.9. The molecule has 0 aliphatic carbocycles. The molecule has 0 radical (unpaired) electrons. The molecule has 0 rings (SSSR count). The van der Waals surface area contributed by atoms with Crippen LogP contribution >= 0.6 is 0 Å². The fraction of sp³-hybridized carbons (Fsp3) is 0.667. The van der Waals surface area contributed by atoms with Gasteiger partial charge in [0.1, 0.15) is 13.2 Å². The Morgan fingerprint density at radius 1 is 0.280 bits per heavy atom. The normalized spacial score (nSPS) is 12.9. The summed E-state index contributed by atoms with van der Waals surface area (Å²) in [6.45, 7) is 6.33. The van der Waals surface area contributed by atoms with Crippen molar-refractivity contribution in [2.75, 3.05) is 13.2 Å². The lowest BCUT2D eigenvalue weighted by Crippen LogP contribution is -2.30. The lowest BCUT2D eigenvalue weighted by molar-refractivity contribution is -0.166. The van der Waals surface area contributed by atoms with Crippen LogP contribution in [0.4, 0.5) is 0 Å². The first-order chi connectivity index (χ1) is 37.0. The first kappa shape index (κ1) is 70.8. The van der Waals surface area contributed by atoms with Gasteiger partial charge in [-0.2, -0.15) is 0 Å². The molecule has 0 bridgehead atoms. The summed E-state index contributed by atoms with van der Waals surface area (Å²) in [4.78, 5) is 38.2. The van der Waals surface area contributed by atoms with Crippen LogP contribution in [0.1, 0.15) is 278 Å². The maximum absolute atomic E-state index is 12.9. The number of rotatable bonds is 55. The molecule has 0 fully saturated rings. The van der Waals surface area contributed by atoms with Crippen molar-refractivity contribution in [3.63, 3.8) is 0 Å². The van der Waals surface area contributed by atoms with E-state index >= 15 is 0 Å². The van der Waals surface area contributed by atoms with Crippen molar-refractivity contribution in [3.8, 4) is 0 Å². The van der Waals surface area contributed by atoms with E-state index in [2.05, 4.69) is 136 Å². The van der Waals surface area contributed by atoms with Crippen molar-refractivity contribution < 1.29 is 28.6 Å². The van der Waals surface area contributed by atoms with Gasteiger partial charge in [0.25, 0.3) is 0 Å². The summed E-state index contributed by atoms with van der Waals surface area (Å²) in [5.74, 6) is -1.01. The molecule has 0 N–H and O–H groups in total. The van der Waals surface area contributed by atoms with Crippen molar-refractivity contribution in [2.45, 2.75) is 284 Å². The fourth-order valence-corrected chi connectivity index (χ4v) is 8.36. The molecule has 75 heavy (non-hydrogen) atoms. The zero-order valence-electron chi connectivity index (χ0n) is 48.8. The van der Waals surface area contributed by atoms with Crippen LogP contribution in [0.5, 0.6) is 0 Å². The highest BCUT2D eigenvalue weighted by Gasteiger charge is 2.19. The SMILES string of the molecule is CC/C=C\C/C=C\C/C=C\C/C=C\CCCCCCCCC(=O)OC(COC(=O)CC/C=C\C/C=C\C/C=C\C/C=C\CC)COC(=O)CCCCCCCCCCCCCCC/C=C\C/C=C\CCCCCCC. The average molecular weight is 1040 g/mol. The van der Waals surface area contributed by atoms with Gasteiger partial charge >= 0.3 is 17.9 Å². The predicted octanol–water partition coefficient (Wildman–Crippen LogP) is 21.2. The van der Waals surface area contributed by atoms with E-state index in [0.29, 0.717) is 19.3 Å². The fourth-order valence-electron chi connectivity index (χ4n) is 8.36. The summed E-state index contributed by atoms with van der Waals surface area (Å²) in [5.41, 5.74) is 0. The summed E-state index contributed by atoms with van der Waals surface area (Å²) >= 11 is 0. The third-order valence-electron chi connectivity index (χ3n) is 12.9. The summed E-state index contributed by atoms with van der Waals surface area (Å²) in [5, 5.41) is 0. The van der Waals surface area contributed by atoms with E-state index in [1.807, 2.05) is 6.08 Å². The molecule has 426 valence electrons. The van der Waals surface area contributed by atoms with E-state index in [1.165, 1.54) is 122 Å². The Hall–Kier alpha value is -4.19. The molecule has 0 spiro atoms. The van der Waals surface area contributed by atoms with Gasteiger partial charge in [0.15, 0.2) is 6.10 Å². The topological polar surface area (TPSA) is 78.9 Å². The largest absolute Gasteiger partial charge is 0.462 e. The second kappa shape index (κ2) is 62.4. The number of allylic oxidation sites excluding steroid dienone is 20. The van der Waals surface area contributed by atoms with Gasteiger partial charge in [-0.05, 0) is 116 Å². The Labute approximate surface area is 462 Å². The predicted molar refractivity (Wildman–Crippen MR) is 325 cm³/mol. The Bertz CT molecular complexity index is 1570. The minimum atomic E-state index is -0.819. The first-order valence-corrected chi connectivity index (χ1v) is 31.0. The molecule has 1 unspecified atom stereocenters. The number of hydrogen-bond donors (Lipinski definition) is 0. The Kier molecular flexibility index (Phi) is 58.9. The summed E-state index contributed by atoms with van der Waals surface area (Å²) in [7, 11) is 0. The smallest absolute Gasteiger partial charge is 0.306 e. The molecule has 6 heteroatoms. The molecule has 0 aromatic heterocycles. The molecule has 0 heterocycles. The highest BCUT2D eigenvalue weighted by atomic mass is 16.6. The highest BCUT2D eigenvalue weighted by molar-refractivity contribution is 5.71. The Balaban J connectivity index is 4.38. The van der Waals surface area contributed by atoms with Gasteiger partial charge in [0, 0.05) is 19.3 Å². The summed E-state index contributed by atoms with van der Waals surface area (Å²) in [6.07, 6.45) is 86.5. The average Bonchev–Trinajstić information content (AvgIpc) is 3.41. The molecule has 0 aliphatic heterocycles. The van der Waals surface area contributed by atoms with Crippen LogP contribution in [0.2, 0.25) is 0 Å². The second-order valence-corrected chi connectivity index (χ2v) is 20.2. The van der Waals surface area contributed by atoms with Crippen LogP contribution in [0.3, 0.4) is 0 Å². The molecule has 6 nitrogen and oxygen atoms in total. The first-order valence-electron chi connectivity index (χ1n) is 31.0. The monoisotopic (exact) mass is 1040 g/mol. The lowest BCUT2D eigenvalue weighted by Gasteiger charge is -2.18. The summed E-state index contributed by atoms with van der Waals surface area (Å²) < 4.78 is 16.8. The van der Waals surface area contributed by atoms with E-state index in [0.717, 1.165) is 109 Å². The van der Waals surface area contributed by atoms with Gasteiger partial charge in [-0.3, -0.25) is 14.4 Å². The number of carbonyl (C=O) groups excluding carboxylic acids is 3. The second-order valence-electron chi connectivity index (χ2n) is 20.2. The molecule has 0 aromatic carbocycles. The molecular weight excluding hydrogens is 925 g/mol. The van der Waals surface area contributed by atoms with Crippen LogP contribution < -0.4 is 0 Å². The standard InChI is InChI=1S/C69H114O6/c1-4-7-10-13-16-19-22-25-27-29-31-32-33-34-35-36-38-39-41-44-47-50-53-56-59-62-68(71)74-65-66(64-73-67(70)61-58-55-52-49-46-43-24-21-18-15-12-9-6-3)75-69(72)63-60-57-54-51-48-45-42-40-37-30-28-26-23-20-17-14-11-8-5-2/h8-9,11-12,17-18,20-22,25-26,28-29,31,37,40,43,46,52,55,66H,4-7,10,13-16,19,23-24,27,30,32-36,38-39,41-42,44-45,47-51,53-54,56-65H2,1-3H3/b11-8-,12-9-,20-17-,21-18-,25-22-,28-26-,31-29-,40-37-,46-43-,55-52-. The molecule has 0 aliphatic rings. The van der Waals surface area contributed by atoms with Gasteiger partial charge in [-0.1, -0.05) is 264 Å². The number of carbonyl (C=O) groups is 3. The Morgan fingerprint density at radius 2 is 0.547 bits per heavy atom. The van der Waals surface area contributed by atoms with Crippen LogP contribution in [0.25, 0.3) is 0 Å². The lowest BCUT2D eigenvalue weighted by atomic mass is 10.0. The quantitative estimate of drug-likeness (QED) is 0.0261. The van der Waals surface area contributed by atoms with E-state index in [9.17, 15) is 14.4 Å². The van der Waals surface area contributed by atoms with E-state index < -0.39 is 6.10 Å². The van der Waals surface area contributed by atoms with Crippen LogP contribution in [0, 0.1) is 0 Å². The highest BCUT2D eigenvalue weighted by Crippen LogP contribution is 2.15. The van der Waals surface area contributed by atoms with Crippen molar-refractivity contribution in [3.05, 3.63) is 122 Å². The third kappa shape index (κ3) is 60.6. The molecule has 0 saturated heterocycles. The maximum Gasteiger partial charge on any atom is 0.306 e. The number of ether oxygens (including phenoxy) is 3. The minimum Gasteiger partial charge on any atom is -0.462 e. The van der Waals surface area contributed by atoms with Crippen molar-refractivity contribution in [2.24, 2.45) is 0 Å². The molecular formula is C69H114O6. The molecule has 0 amide bonds. The number of hydrogen-bond acceptors (Lipinski definition) is 6. The number of esters is 3. The Morgan fingerprint density at radius 3 is 0.893 bits per heavy atom. The molecule has 1 atom stereocenters. The van der Waals surface area contributed by atoms with Gasteiger partial charge in [0.05, 0.1) is 0 Å². The minimum absolute atomic E-state index is 0.108. The van der Waals surface area contributed by atoms with Crippen molar-refractivity contribution in [1.82, 2.24) is 0 Å².